The van der Waals surface area contributed by atoms with Crippen LogP contribution >= 0.6 is 0 Å². The Morgan fingerprint density at radius 2 is 2.05 bits per heavy atom. The largest absolute Gasteiger partial charge is 0.396 e. The van der Waals surface area contributed by atoms with Gasteiger partial charge in [0, 0.05) is 18.5 Å². The Morgan fingerprint density at radius 3 is 2.79 bits per heavy atom. The molecule has 1 aromatic carbocycles. The summed E-state index contributed by atoms with van der Waals surface area (Å²) in [5, 5.41) is 13.7. The van der Waals surface area contributed by atoms with Gasteiger partial charge in [-0.2, -0.15) is 0 Å². The molecule has 1 aromatic heterocycles. The van der Waals surface area contributed by atoms with Crippen LogP contribution < -0.4 is 5.32 Å². The van der Waals surface area contributed by atoms with Crippen molar-refractivity contribution in [3.8, 4) is 0 Å². The lowest BCUT2D eigenvalue weighted by molar-refractivity contribution is 0.102. The summed E-state index contributed by atoms with van der Waals surface area (Å²) >= 11 is 0. The highest BCUT2D eigenvalue weighted by Crippen LogP contribution is 2.43. The molecular formula is C15H19N3O. The van der Waals surface area contributed by atoms with Gasteiger partial charge in [-0.15, -0.1) is 0 Å². The molecule has 4 heteroatoms. The first-order valence-corrected chi connectivity index (χ1v) is 6.87. The van der Waals surface area contributed by atoms with E-state index in [1.165, 1.54) is 19.3 Å². The fourth-order valence-electron chi connectivity index (χ4n) is 2.85. The number of hydrogen-bond donors (Lipinski definition) is 2. The number of rotatable bonds is 5. The Labute approximate surface area is 112 Å². The van der Waals surface area contributed by atoms with Crippen LogP contribution in [0.25, 0.3) is 10.9 Å². The lowest BCUT2D eigenvalue weighted by atomic mass is 9.67. The average Bonchev–Trinajstić information content (AvgIpc) is 2.41. The Hall–Kier alpha value is -1.68. The molecular weight excluding hydrogens is 238 g/mol. The highest BCUT2D eigenvalue weighted by molar-refractivity contribution is 5.88. The number of nitrogens with one attached hydrogen (secondary N) is 1. The van der Waals surface area contributed by atoms with Gasteiger partial charge in [0.25, 0.3) is 0 Å². The molecule has 100 valence electrons. The maximum Gasteiger partial charge on any atom is 0.137 e. The molecule has 2 aromatic rings. The summed E-state index contributed by atoms with van der Waals surface area (Å²) in [5.74, 6) is 0.898. The van der Waals surface area contributed by atoms with Gasteiger partial charge in [-0.05, 0) is 36.8 Å². The van der Waals surface area contributed by atoms with E-state index in [2.05, 4.69) is 15.3 Å². The molecule has 0 bridgehead atoms. The second-order valence-corrected chi connectivity index (χ2v) is 5.42. The molecule has 19 heavy (non-hydrogen) atoms. The monoisotopic (exact) mass is 257 g/mol. The van der Waals surface area contributed by atoms with Crippen LogP contribution in [-0.4, -0.2) is 28.2 Å². The van der Waals surface area contributed by atoms with Crippen LogP contribution in [0, 0.1) is 5.41 Å². The zero-order chi connectivity index (χ0) is 13.1. The van der Waals surface area contributed by atoms with Crippen LogP contribution in [0.15, 0.2) is 30.6 Å². The highest BCUT2D eigenvalue weighted by Gasteiger charge is 2.36. The van der Waals surface area contributed by atoms with Crippen LogP contribution in [0.2, 0.25) is 0 Å². The molecule has 0 radical (unpaired) electrons. The van der Waals surface area contributed by atoms with E-state index in [4.69, 9.17) is 0 Å². The van der Waals surface area contributed by atoms with Gasteiger partial charge in [0.05, 0.1) is 5.52 Å². The highest BCUT2D eigenvalue weighted by atomic mass is 16.3. The van der Waals surface area contributed by atoms with E-state index < -0.39 is 0 Å². The van der Waals surface area contributed by atoms with E-state index in [9.17, 15) is 5.11 Å². The molecule has 1 fully saturated rings. The van der Waals surface area contributed by atoms with Crippen molar-refractivity contribution in [1.82, 2.24) is 9.97 Å². The standard InChI is InChI=1S/C15H19N3O/c19-9-8-15(6-3-7-15)10-16-14-12-4-1-2-5-13(12)17-11-18-14/h1-2,4-5,11,19H,3,6-10H2,(H,16,17,18). The van der Waals surface area contributed by atoms with E-state index >= 15 is 0 Å². The maximum atomic E-state index is 9.18. The molecule has 0 unspecified atom stereocenters. The minimum atomic E-state index is 0.265. The van der Waals surface area contributed by atoms with Crippen LogP contribution in [0.3, 0.4) is 0 Å². The molecule has 0 aliphatic heterocycles. The number of aromatic nitrogens is 2. The number of benzene rings is 1. The van der Waals surface area contributed by atoms with Crippen molar-refractivity contribution in [2.24, 2.45) is 5.41 Å². The number of anilines is 1. The first kappa shape index (κ1) is 12.4. The number of fused-ring (bicyclic) bond motifs is 1. The normalized spacial score (nSPS) is 17.1. The number of para-hydroxylation sites is 1. The van der Waals surface area contributed by atoms with Crippen molar-refractivity contribution in [2.75, 3.05) is 18.5 Å². The van der Waals surface area contributed by atoms with E-state index in [-0.39, 0.29) is 12.0 Å². The fraction of sp³-hybridized carbons (Fsp3) is 0.467. The molecule has 1 saturated carbocycles. The summed E-state index contributed by atoms with van der Waals surface area (Å²) < 4.78 is 0. The van der Waals surface area contributed by atoms with Crippen molar-refractivity contribution in [3.05, 3.63) is 30.6 Å². The quantitative estimate of drug-likeness (QED) is 0.864. The predicted octanol–water partition coefficient (Wildman–Crippen LogP) is 2.59. The summed E-state index contributed by atoms with van der Waals surface area (Å²) in [7, 11) is 0. The molecule has 0 spiro atoms. The van der Waals surface area contributed by atoms with Gasteiger partial charge in [0.15, 0.2) is 0 Å². The average molecular weight is 257 g/mol. The topological polar surface area (TPSA) is 58.0 Å². The summed E-state index contributed by atoms with van der Waals surface area (Å²) in [4.78, 5) is 8.61. The van der Waals surface area contributed by atoms with Crippen LogP contribution in [0.1, 0.15) is 25.7 Å². The van der Waals surface area contributed by atoms with Gasteiger partial charge in [-0.25, -0.2) is 9.97 Å². The Balaban J connectivity index is 1.78. The lowest BCUT2D eigenvalue weighted by Crippen LogP contribution is -2.37. The zero-order valence-electron chi connectivity index (χ0n) is 11.0. The van der Waals surface area contributed by atoms with E-state index in [0.29, 0.717) is 0 Å². The van der Waals surface area contributed by atoms with Crippen molar-refractivity contribution in [3.63, 3.8) is 0 Å². The molecule has 0 amide bonds. The lowest BCUT2D eigenvalue weighted by Gasteiger charge is -2.42. The predicted molar refractivity (Wildman–Crippen MR) is 76.0 cm³/mol. The molecule has 4 nitrogen and oxygen atoms in total. The second kappa shape index (κ2) is 5.13. The molecule has 2 N–H and O–H groups in total. The van der Waals surface area contributed by atoms with Gasteiger partial charge in [0.1, 0.15) is 12.1 Å². The van der Waals surface area contributed by atoms with Crippen LogP contribution in [0.4, 0.5) is 5.82 Å². The Bertz CT molecular complexity index is 561. The van der Waals surface area contributed by atoms with Crippen LogP contribution in [0.5, 0.6) is 0 Å². The Kier molecular flexibility index (Phi) is 3.34. The third-order valence-electron chi connectivity index (χ3n) is 4.23. The SMILES string of the molecule is OCCC1(CNc2ncnc3ccccc23)CCC1. The van der Waals surface area contributed by atoms with E-state index in [1.54, 1.807) is 6.33 Å². The number of hydrogen-bond acceptors (Lipinski definition) is 4. The molecule has 1 aliphatic carbocycles. The molecule has 3 rings (SSSR count). The third kappa shape index (κ3) is 2.40. The Morgan fingerprint density at radius 1 is 1.21 bits per heavy atom. The van der Waals surface area contributed by atoms with Crippen molar-refractivity contribution < 1.29 is 5.11 Å². The number of aliphatic hydroxyl groups is 1. The third-order valence-corrected chi connectivity index (χ3v) is 4.23. The smallest absolute Gasteiger partial charge is 0.137 e. The number of nitrogens with zero attached hydrogens (tertiary/aromatic N) is 2. The minimum Gasteiger partial charge on any atom is -0.396 e. The fourth-order valence-corrected chi connectivity index (χ4v) is 2.85. The van der Waals surface area contributed by atoms with Crippen molar-refractivity contribution in [1.29, 1.82) is 0 Å². The molecule has 0 atom stereocenters. The van der Waals surface area contributed by atoms with Gasteiger partial charge in [-0.1, -0.05) is 18.6 Å². The first-order valence-electron chi connectivity index (χ1n) is 6.87. The summed E-state index contributed by atoms with van der Waals surface area (Å²) in [6.07, 6.45) is 6.15. The van der Waals surface area contributed by atoms with Gasteiger partial charge in [0.2, 0.25) is 0 Å². The minimum absolute atomic E-state index is 0.265. The number of aliphatic hydroxyl groups excluding tert-OH is 1. The summed E-state index contributed by atoms with van der Waals surface area (Å²) in [6.45, 7) is 1.15. The summed E-state index contributed by atoms with van der Waals surface area (Å²) in [6, 6.07) is 8.02. The van der Waals surface area contributed by atoms with E-state index in [1.807, 2.05) is 24.3 Å². The molecule has 0 saturated heterocycles. The van der Waals surface area contributed by atoms with Gasteiger partial charge >= 0.3 is 0 Å². The first-order chi connectivity index (χ1) is 9.33. The van der Waals surface area contributed by atoms with Crippen LogP contribution in [-0.2, 0) is 0 Å². The van der Waals surface area contributed by atoms with Crippen molar-refractivity contribution in [2.45, 2.75) is 25.7 Å². The zero-order valence-corrected chi connectivity index (χ0v) is 11.0. The van der Waals surface area contributed by atoms with E-state index in [0.717, 1.165) is 29.7 Å². The second-order valence-electron chi connectivity index (χ2n) is 5.42. The summed E-state index contributed by atoms with van der Waals surface area (Å²) in [5.41, 5.74) is 1.23. The maximum absolute atomic E-state index is 9.18. The molecule has 1 aliphatic rings. The van der Waals surface area contributed by atoms with Gasteiger partial charge in [-0.3, -0.25) is 0 Å². The van der Waals surface area contributed by atoms with Gasteiger partial charge < -0.3 is 10.4 Å². The van der Waals surface area contributed by atoms with Crippen molar-refractivity contribution >= 4 is 16.7 Å². The molecule has 1 heterocycles.